The second kappa shape index (κ2) is 2.94. The molecule has 0 amide bonds. The van der Waals surface area contributed by atoms with Crippen LogP contribution in [0, 0.1) is 5.92 Å². The van der Waals surface area contributed by atoms with E-state index in [4.69, 9.17) is 0 Å². The fourth-order valence-corrected chi connectivity index (χ4v) is 1.82. The molecule has 1 aliphatic rings. The van der Waals surface area contributed by atoms with Gasteiger partial charge in [-0.1, -0.05) is 0 Å². The highest BCUT2D eigenvalue weighted by Crippen LogP contribution is 2.23. The number of nitrogens with zero attached hydrogens (tertiary/aromatic N) is 1. The van der Waals surface area contributed by atoms with Crippen molar-refractivity contribution < 1.29 is 9.28 Å². The Labute approximate surface area is 68.8 Å². The predicted molar refractivity (Wildman–Crippen MR) is 45.2 cm³/mol. The van der Waals surface area contributed by atoms with Gasteiger partial charge in [0.2, 0.25) is 0 Å². The summed E-state index contributed by atoms with van der Waals surface area (Å²) in [5.74, 6) is 1.12. The number of quaternary nitrogens is 1. The van der Waals surface area contributed by atoms with Crippen LogP contribution in [-0.2, 0) is 4.79 Å². The van der Waals surface area contributed by atoms with Gasteiger partial charge in [-0.3, -0.25) is 4.79 Å². The quantitative estimate of drug-likeness (QED) is 0.546. The first-order chi connectivity index (χ1) is 4.97. The van der Waals surface area contributed by atoms with Crippen LogP contribution < -0.4 is 0 Å². The van der Waals surface area contributed by atoms with E-state index in [-0.39, 0.29) is 0 Å². The Kier molecular flexibility index (Phi) is 2.33. The Balaban J connectivity index is 2.34. The average Bonchev–Trinajstić information content (AvgIpc) is 2.10. The number of hydrogen-bond acceptors (Lipinski definition) is 1. The Hall–Kier alpha value is -0.370. The number of Topliss-reactive ketones (excluding diaryl/α,β-unsaturated/α-hetero) is 1. The highest BCUT2D eigenvalue weighted by molar-refractivity contribution is 5.80. The van der Waals surface area contributed by atoms with Crippen molar-refractivity contribution in [2.75, 3.05) is 27.7 Å². The van der Waals surface area contributed by atoms with Gasteiger partial charge >= 0.3 is 0 Å². The number of carbonyl (C=O) groups excluding carboxylic acids is 1. The van der Waals surface area contributed by atoms with Gasteiger partial charge in [0.05, 0.1) is 27.7 Å². The molecule has 1 aliphatic carbocycles. The van der Waals surface area contributed by atoms with E-state index in [0.29, 0.717) is 11.7 Å². The molecule has 0 saturated heterocycles. The van der Waals surface area contributed by atoms with Crippen LogP contribution in [0.4, 0.5) is 0 Å². The number of rotatable bonds is 2. The van der Waals surface area contributed by atoms with E-state index in [0.717, 1.165) is 30.3 Å². The molecule has 0 aliphatic heterocycles. The molecular formula is C9H18NO+. The second-order valence-electron chi connectivity index (χ2n) is 4.62. The van der Waals surface area contributed by atoms with Crippen LogP contribution in [0.1, 0.15) is 19.3 Å². The van der Waals surface area contributed by atoms with Crippen molar-refractivity contribution in [3.8, 4) is 0 Å². The molecule has 0 spiro atoms. The average molecular weight is 156 g/mol. The van der Waals surface area contributed by atoms with Gasteiger partial charge in [-0.25, -0.2) is 0 Å². The van der Waals surface area contributed by atoms with Crippen LogP contribution in [0.2, 0.25) is 0 Å². The molecule has 64 valence electrons. The molecule has 0 N–H and O–H groups in total. The third-order valence-electron chi connectivity index (χ3n) is 2.15. The lowest BCUT2D eigenvalue weighted by atomic mass is 10.1. The standard InChI is InChI=1S/C9H18NO/c1-10(2,3)7-8-4-5-9(11)6-8/h8H,4-7H2,1-3H3/q+1. The first-order valence-electron chi connectivity index (χ1n) is 4.29. The van der Waals surface area contributed by atoms with Gasteiger partial charge in [-0.05, 0) is 6.42 Å². The molecule has 2 heteroatoms. The van der Waals surface area contributed by atoms with Crippen molar-refractivity contribution in [2.24, 2.45) is 5.92 Å². The Morgan fingerprint density at radius 1 is 1.45 bits per heavy atom. The summed E-state index contributed by atoms with van der Waals surface area (Å²) in [6.07, 6.45) is 2.77. The van der Waals surface area contributed by atoms with Gasteiger partial charge in [-0.2, -0.15) is 0 Å². The van der Waals surface area contributed by atoms with Gasteiger partial charge in [-0.15, -0.1) is 0 Å². The highest BCUT2D eigenvalue weighted by Gasteiger charge is 2.26. The Bertz CT molecular complexity index is 157. The zero-order valence-corrected chi connectivity index (χ0v) is 7.76. The summed E-state index contributed by atoms with van der Waals surface area (Å²) in [4.78, 5) is 10.9. The molecule has 1 unspecified atom stereocenters. The SMILES string of the molecule is C[N+](C)(C)CC1CCC(=O)C1. The molecule has 0 aromatic carbocycles. The van der Waals surface area contributed by atoms with Crippen molar-refractivity contribution in [1.82, 2.24) is 0 Å². The smallest absolute Gasteiger partial charge is 0.133 e. The van der Waals surface area contributed by atoms with Gasteiger partial charge in [0.25, 0.3) is 0 Å². The zero-order valence-electron chi connectivity index (χ0n) is 7.76. The lowest BCUT2D eigenvalue weighted by Crippen LogP contribution is -2.38. The van der Waals surface area contributed by atoms with E-state index >= 15 is 0 Å². The minimum absolute atomic E-state index is 0.462. The summed E-state index contributed by atoms with van der Waals surface area (Å²) in [6.45, 7) is 1.14. The summed E-state index contributed by atoms with van der Waals surface area (Å²) in [5.41, 5.74) is 0. The van der Waals surface area contributed by atoms with Crippen molar-refractivity contribution in [3.63, 3.8) is 0 Å². The van der Waals surface area contributed by atoms with Gasteiger partial charge < -0.3 is 4.48 Å². The van der Waals surface area contributed by atoms with Crippen LogP contribution in [-0.4, -0.2) is 38.0 Å². The minimum atomic E-state index is 0.462. The first-order valence-corrected chi connectivity index (χ1v) is 4.29. The maximum atomic E-state index is 10.9. The largest absolute Gasteiger partial charge is 0.331 e. The molecule has 1 atom stereocenters. The zero-order chi connectivity index (χ0) is 8.48. The number of hydrogen-bond donors (Lipinski definition) is 0. The third kappa shape index (κ3) is 3.02. The van der Waals surface area contributed by atoms with Gasteiger partial charge in [0, 0.05) is 18.8 Å². The molecule has 0 bridgehead atoms. The van der Waals surface area contributed by atoms with E-state index in [1.165, 1.54) is 0 Å². The van der Waals surface area contributed by atoms with Crippen LogP contribution in [0.5, 0.6) is 0 Å². The summed E-state index contributed by atoms with van der Waals surface area (Å²) in [7, 11) is 6.55. The van der Waals surface area contributed by atoms with Crippen molar-refractivity contribution >= 4 is 5.78 Å². The maximum Gasteiger partial charge on any atom is 0.133 e. The molecule has 1 rings (SSSR count). The van der Waals surface area contributed by atoms with Crippen LogP contribution >= 0.6 is 0 Å². The fraction of sp³-hybridized carbons (Fsp3) is 0.889. The minimum Gasteiger partial charge on any atom is -0.331 e. The van der Waals surface area contributed by atoms with Crippen LogP contribution in [0.25, 0.3) is 0 Å². The van der Waals surface area contributed by atoms with Crippen LogP contribution in [0.15, 0.2) is 0 Å². The van der Waals surface area contributed by atoms with Gasteiger partial charge in [0.1, 0.15) is 5.78 Å². The van der Waals surface area contributed by atoms with Crippen molar-refractivity contribution in [3.05, 3.63) is 0 Å². The molecule has 2 nitrogen and oxygen atoms in total. The second-order valence-corrected chi connectivity index (χ2v) is 4.62. The molecule has 0 radical (unpaired) electrons. The third-order valence-corrected chi connectivity index (χ3v) is 2.15. The predicted octanol–water partition coefficient (Wildman–Crippen LogP) is 1.06. The summed E-state index contributed by atoms with van der Waals surface area (Å²) < 4.78 is 0.984. The van der Waals surface area contributed by atoms with Crippen molar-refractivity contribution in [2.45, 2.75) is 19.3 Å². The lowest BCUT2D eigenvalue weighted by molar-refractivity contribution is -0.873. The van der Waals surface area contributed by atoms with E-state index < -0.39 is 0 Å². The van der Waals surface area contributed by atoms with Crippen LogP contribution in [0.3, 0.4) is 0 Å². The first kappa shape index (κ1) is 8.72. The lowest BCUT2D eigenvalue weighted by Gasteiger charge is -2.26. The summed E-state index contributed by atoms with van der Waals surface area (Å²) in [5, 5.41) is 0. The molecule has 1 saturated carbocycles. The number of carbonyl (C=O) groups is 1. The summed E-state index contributed by atoms with van der Waals surface area (Å²) in [6, 6.07) is 0. The van der Waals surface area contributed by atoms with Gasteiger partial charge in [0.15, 0.2) is 0 Å². The molecular weight excluding hydrogens is 138 g/mol. The monoisotopic (exact) mass is 156 g/mol. The number of ketones is 1. The Morgan fingerprint density at radius 3 is 2.45 bits per heavy atom. The normalized spacial score (nSPS) is 26.1. The maximum absolute atomic E-state index is 10.9. The fourth-order valence-electron chi connectivity index (χ4n) is 1.82. The Morgan fingerprint density at radius 2 is 2.09 bits per heavy atom. The molecule has 0 aromatic heterocycles. The van der Waals surface area contributed by atoms with E-state index in [9.17, 15) is 4.79 Å². The van der Waals surface area contributed by atoms with E-state index in [2.05, 4.69) is 21.1 Å². The topological polar surface area (TPSA) is 17.1 Å². The van der Waals surface area contributed by atoms with Crippen molar-refractivity contribution in [1.29, 1.82) is 0 Å². The molecule has 0 aromatic rings. The molecule has 1 fully saturated rings. The van der Waals surface area contributed by atoms with E-state index in [1.807, 2.05) is 0 Å². The highest BCUT2D eigenvalue weighted by atomic mass is 16.1. The molecule has 0 heterocycles. The molecule has 11 heavy (non-hydrogen) atoms. The van der Waals surface area contributed by atoms with E-state index in [1.54, 1.807) is 0 Å². The summed E-state index contributed by atoms with van der Waals surface area (Å²) >= 11 is 0.